The van der Waals surface area contributed by atoms with E-state index >= 15 is 0 Å². The van der Waals surface area contributed by atoms with Crippen LogP contribution in [0.2, 0.25) is 5.02 Å². The molecule has 0 aliphatic heterocycles. The summed E-state index contributed by atoms with van der Waals surface area (Å²) in [6.45, 7) is 3.61. The number of nitrogens with one attached hydrogen (secondary N) is 1. The normalized spacial score (nSPS) is 10.4. The number of anilines is 1. The second-order valence-electron chi connectivity index (χ2n) is 4.54. The first-order valence-electron chi connectivity index (χ1n) is 5.95. The fraction of sp³-hybridized carbons (Fsp3) is 0.133. The van der Waals surface area contributed by atoms with Gasteiger partial charge in [0, 0.05) is 15.7 Å². The fourth-order valence-corrected chi connectivity index (χ4v) is 2.26. The zero-order valence-electron chi connectivity index (χ0n) is 11.0. The summed E-state index contributed by atoms with van der Waals surface area (Å²) in [5.41, 5.74) is 2.69. The van der Waals surface area contributed by atoms with Gasteiger partial charge in [-0.15, -0.1) is 0 Å². The lowest BCUT2D eigenvalue weighted by atomic mass is 10.1. The van der Waals surface area contributed by atoms with Crippen molar-refractivity contribution in [3.63, 3.8) is 0 Å². The Morgan fingerprint density at radius 3 is 2.55 bits per heavy atom. The molecule has 2 rings (SSSR count). The number of benzene rings is 2. The number of phenols is 1. The van der Waals surface area contributed by atoms with Crippen LogP contribution in [0.3, 0.4) is 0 Å². The molecule has 0 aliphatic carbocycles. The summed E-state index contributed by atoms with van der Waals surface area (Å²) in [7, 11) is 0. The maximum Gasteiger partial charge on any atom is 0.255 e. The average Bonchev–Trinajstić information content (AvgIpc) is 2.39. The predicted molar refractivity (Wildman–Crippen MR) is 84.7 cm³/mol. The molecule has 0 atom stereocenters. The minimum atomic E-state index is -0.226. The number of hydrogen-bond donors (Lipinski definition) is 2. The third kappa shape index (κ3) is 3.14. The third-order valence-corrected chi connectivity index (χ3v) is 4.19. The van der Waals surface area contributed by atoms with Crippen LogP contribution in [-0.4, -0.2) is 11.0 Å². The van der Waals surface area contributed by atoms with Crippen molar-refractivity contribution in [2.75, 3.05) is 5.32 Å². The summed E-state index contributed by atoms with van der Waals surface area (Å²) in [5, 5.41) is 13.0. The lowest BCUT2D eigenvalue weighted by Gasteiger charge is -2.11. The molecule has 0 saturated carbocycles. The van der Waals surface area contributed by atoms with E-state index in [4.69, 9.17) is 11.6 Å². The van der Waals surface area contributed by atoms with Gasteiger partial charge in [-0.3, -0.25) is 4.79 Å². The molecule has 3 nitrogen and oxygen atoms in total. The molecule has 20 heavy (non-hydrogen) atoms. The van der Waals surface area contributed by atoms with Gasteiger partial charge in [-0.05, 0) is 71.2 Å². The molecule has 0 aliphatic rings. The summed E-state index contributed by atoms with van der Waals surface area (Å²) in [6, 6.07) is 8.36. The number of hydrogen-bond acceptors (Lipinski definition) is 2. The van der Waals surface area contributed by atoms with E-state index in [1.165, 1.54) is 0 Å². The summed E-state index contributed by atoms with van der Waals surface area (Å²) in [6.07, 6.45) is 0. The van der Waals surface area contributed by atoms with Gasteiger partial charge in [-0.2, -0.15) is 0 Å². The molecule has 0 saturated heterocycles. The molecular weight excluding hydrogens is 342 g/mol. The van der Waals surface area contributed by atoms with Crippen molar-refractivity contribution in [2.45, 2.75) is 13.8 Å². The maximum absolute atomic E-state index is 12.2. The Hall–Kier alpha value is -1.52. The van der Waals surface area contributed by atoms with Crippen molar-refractivity contribution in [1.82, 2.24) is 0 Å². The number of aromatic hydroxyl groups is 1. The number of rotatable bonds is 2. The van der Waals surface area contributed by atoms with Gasteiger partial charge in [0.2, 0.25) is 0 Å². The number of aryl methyl sites for hydroxylation is 2. The molecule has 1 amide bonds. The Labute approximate surface area is 130 Å². The van der Waals surface area contributed by atoms with Crippen LogP contribution in [-0.2, 0) is 0 Å². The van der Waals surface area contributed by atoms with Crippen molar-refractivity contribution in [3.8, 4) is 5.75 Å². The third-order valence-electron chi connectivity index (χ3n) is 2.97. The van der Waals surface area contributed by atoms with Gasteiger partial charge in [-0.25, -0.2) is 0 Å². The molecule has 0 spiro atoms. The van der Waals surface area contributed by atoms with Crippen LogP contribution in [0, 0.1) is 13.8 Å². The molecule has 0 bridgehead atoms. The van der Waals surface area contributed by atoms with Crippen LogP contribution in [0.25, 0.3) is 0 Å². The van der Waals surface area contributed by atoms with Crippen LogP contribution in [0.4, 0.5) is 5.69 Å². The number of amides is 1. The monoisotopic (exact) mass is 353 g/mol. The first-order chi connectivity index (χ1) is 9.38. The molecule has 2 N–H and O–H groups in total. The lowest BCUT2D eigenvalue weighted by Crippen LogP contribution is -2.13. The van der Waals surface area contributed by atoms with Crippen LogP contribution in [0.15, 0.2) is 34.8 Å². The number of phenolic OH excluding ortho intramolecular Hbond substituents is 1. The zero-order chi connectivity index (χ0) is 14.9. The second kappa shape index (κ2) is 5.85. The van der Waals surface area contributed by atoms with Gasteiger partial charge in [0.05, 0.1) is 5.02 Å². The van der Waals surface area contributed by atoms with Gasteiger partial charge in [-0.1, -0.05) is 11.6 Å². The molecule has 0 unspecified atom stereocenters. The maximum atomic E-state index is 12.2. The molecule has 0 radical (unpaired) electrons. The highest BCUT2D eigenvalue weighted by Crippen LogP contribution is 2.27. The minimum absolute atomic E-state index is 0.217. The molecule has 2 aromatic rings. The van der Waals surface area contributed by atoms with E-state index in [1.807, 2.05) is 6.92 Å². The zero-order valence-corrected chi connectivity index (χ0v) is 13.3. The highest BCUT2D eigenvalue weighted by molar-refractivity contribution is 9.10. The Bertz CT molecular complexity index is 686. The van der Waals surface area contributed by atoms with Gasteiger partial charge in [0.1, 0.15) is 5.75 Å². The highest BCUT2D eigenvalue weighted by Gasteiger charge is 2.11. The lowest BCUT2D eigenvalue weighted by molar-refractivity contribution is 0.102. The SMILES string of the molecule is Cc1cc(NC(=O)c2ccc(Cl)c(Br)c2)c(C)cc1O. The minimum Gasteiger partial charge on any atom is -0.508 e. The Morgan fingerprint density at radius 2 is 1.90 bits per heavy atom. The van der Waals surface area contributed by atoms with E-state index in [-0.39, 0.29) is 11.7 Å². The standard InChI is InChI=1S/C15H13BrClNO2/c1-8-6-14(19)9(2)5-13(8)18-15(20)10-3-4-12(17)11(16)7-10/h3-7,19H,1-2H3,(H,18,20). The molecule has 104 valence electrons. The number of halogens is 2. The van der Waals surface area contributed by atoms with E-state index < -0.39 is 0 Å². The van der Waals surface area contributed by atoms with Gasteiger partial charge < -0.3 is 10.4 Å². The molecule has 2 aromatic carbocycles. The van der Waals surface area contributed by atoms with Crippen molar-refractivity contribution in [2.24, 2.45) is 0 Å². The highest BCUT2D eigenvalue weighted by atomic mass is 79.9. The fourth-order valence-electron chi connectivity index (χ4n) is 1.77. The number of carbonyl (C=O) groups is 1. The van der Waals surface area contributed by atoms with Gasteiger partial charge in [0.25, 0.3) is 5.91 Å². The van der Waals surface area contributed by atoms with Crippen LogP contribution in [0.1, 0.15) is 21.5 Å². The quantitative estimate of drug-likeness (QED) is 0.770. The smallest absolute Gasteiger partial charge is 0.255 e. The predicted octanol–water partition coefficient (Wildman–Crippen LogP) is 4.68. The Kier molecular flexibility index (Phi) is 4.35. The van der Waals surface area contributed by atoms with Gasteiger partial charge in [0.15, 0.2) is 0 Å². The summed E-state index contributed by atoms with van der Waals surface area (Å²) in [5.74, 6) is -0.00899. The van der Waals surface area contributed by atoms with E-state index in [0.29, 0.717) is 26.3 Å². The Morgan fingerprint density at radius 1 is 1.20 bits per heavy atom. The molecule has 0 heterocycles. The first-order valence-corrected chi connectivity index (χ1v) is 7.12. The molecule has 0 fully saturated rings. The van der Waals surface area contributed by atoms with E-state index in [0.717, 1.165) is 5.56 Å². The van der Waals surface area contributed by atoms with Crippen molar-refractivity contribution in [3.05, 3.63) is 56.5 Å². The largest absolute Gasteiger partial charge is 0.508 e. The van der Waals surface area contributed by atoms with E-state index in [9.17, 15) is 9.90 Å². The average molecular weight is 355 g/mol. The molecule has 0 aromatic heterocycles. The second-order valence-corrected chi connectivity index (χ2v) is 5.80. The Balaban J connectivity index is 2.27. The molecule has 5 heteroatoms. The van der Waals surface area contributed by atoms with Crippen LogP contribution < -0.4 is 5.32 Å². The van der Waals surface area contributed by atoms with Crippen molar-refractivity contribution >= 4 is 39.1 Å². The van der Waals surface area contributed by atoms with Crippen LogP contribution >= 0.6 is 27.5 Å². The van der Waals surface area contributed by atoms with Crippen LogP contribution in [0.5, 0.6) is 5.75 Å². The first kappa shape index (κ1) is 14.9. The van der Waals surface area contributed by atoms with Crippen molar-refractivity contribution < 1.29 is 9.90 Å². The summed E-state index contributed by atoms with van der Waals surface area (Å²) < 4.78 is 0.672. The summed E-state index contributed by atoms with van der Waals surface area (Å²) in [4.78, 5) is 12.2. The van der Waals surface area contributed by atoms with Gasteiger partial charge >= 0.3 is 0 Å². The van der Waals surface area contributed by atoms with E-state index in [2.05, 4.69) is 21.2 Å². The van der Waals surface area contributed by atoms with Crippen molar-refractivity contribution in [1.29, 1.82) is 0 Å². The topological polar surface area (TPSA) is 49.3 Å². The van der Waals surface area contributed by atoms with E-state index in [1.54, 1.807) is 37.3 Å². The number of carbonyl (C=O) groups excluding carboxylic acids is 1. The molecular formula is C15H13BrClNO2. The summed E-state index contributed by atoms with van der Waals surface area (Å²) >= 11 is 9.19.